The summed E-state index contributed by atoms with van der Waals surface area (Å²) in [5, 5.41) is 10.8. The number of amides is 1. The van der Waals surface area contributed by atoms with Crippen LogP contribution < -0.4 is 4.90 Å². The molecule has 2 fully saturated rings. The van der Waals surface area contributed by atoms with Crippen LogP contribution in [0.2, 0.25) is 0 Å². The van der Waals surface area contributed by atoms with Gasteiger partial charge in [0.05, 0.1) is 0 Å². The standard InChI is InChI=1S/C19H25N5O/c1-22-9-6-12-23(14-13-22)18-16-8-3-2-7-15(16)17(20-21-18)19(25)24-10-4-5-11-24/h2-3,7-8H,4-6,9-14H2,1H3. The minimum absolute atomic E-state index is 0.0170. The number of hydrogen-bond donors (Lipinski definition) is 0. The number of nitrogens with zero attached hydrogens (tertiary/aromatic N) is 5. The summed E-state index contributed by atoms with van der Waals surface area (Å²) in [6.07, 6.45) is 3.27. The number of rotatable bonds is 2. The van der Waals surface area contributed by atoms with Gasteiger partial charge in [-0.2, -0.15) is 0 Å². The largest absolute Gasteiger partial charge is 0.353 e. The smallest absolute Gasteiger partial charge is 0.275 e. The van der Waals surface area contributed by atoms with Gasteiger partial charge in [-0.25, -0.2) is 0 Å². The van der Waals surface area contributed by atoms with Crippen LogP contribution in [0.15, 0.2) is 24.3 Å². The second-order valence-electron chi connectivity index (χ2n) is 7.06. The fraction of sp³-hybridized carbons (Fsp3) is 0.526. The third-order valence-corrected chi connectivity index (χ3v) is 5.28. The lowest BCUT2D eigenvalue weighted by Crippen LogP contribution is -2.31. The van der Waals surface area contributed by atoms with E-state index in [4.69, 9.17) is 0 Å². The maximum absolute atomic E-state index is 12.8. The molecule has 2 aromatic rings. The third-order valence-electron chi connectivity index (χ3n) is 5.28. The zero-order valence-corrected chi connectivity index (χ0v) is 14.8. The van der Waals surface area contributed by atoms with E-state index in [1.54, 1.807) is 0 Å². The number of carbonyl (C=O) groups is 1. The first-order valence-electron chi connectivity index (χ1n) is 9.22. The van der Waals surface area contributed by atoms with E-state index in [0.29, 0.717) is 5.69 Å². The molecule has 0 bridgehead atoms. The van der Waals surface area contributed by atoms with Gasteiger partial charge in [0.15, 0.2) is 11.5 Å². The monoisotopic (exact) mass is 339 g/mol. The van der Waals surface area contributed by atoms with Gasteiger partial charge in [-0.05, 0) is 32.9 Å². The van der Waals surface area contributed by atoms with Gasteiger partial charge < -0.3 is 14.7 Å². The Labute approximate surface area is 148 Å². The lowest BCUT2D eigenvalue weighted by molar-refractivity contribution is 0.0788. The van der Waals surface area contributed by atoms with Gasteiger partial charge in [0, 0.05) is 43.5 Å². The van der Waals surface area contributed by atoms with Gasteiger partial charge in [0.25, 0.3) is 5.91 Å². The molecule has 6 heteroatoms. The molecule has 0 atom stereocenters. The van der Waals surface area contributed by atoms with Gasteiger partial charge in [-0.15, -0.1) is 10.2 Å². The van der Waals surface area contributed by atoms with Gasteiger partial charge in [0.1, 0.15) is 0 Å². The van der Waals surface area contributed by atoms with Crippen molar-refractivity contribution >= 4 is 22.5 Å². The van der Waals surface area contributed by atoms with Crippen molar-refractivity contribution in [2.75, 3.05) is 51.2 Å². The Kier molecular flexibility index (Phi) is 4.53. The van der Waals surface area contributed by atoms with Gasteiger partial charge in [0.2, 0.25) is 0 Å². The molecule has 25 heavy (non-hydrogen) atoms. The number of carbonyl (C=O) groups excluding carboxylic acids is 1. The average molecular weight is 339 g/mol. The SMILES string of the molecule is CN1CCCN(c2nnc(C(=O)N3CCCC3)c3ccccc23)CC1. The lowest BCUT2D eigenvalue weighted by atomic mass is 10.1. The van der Waals surface area contributed by atoms with Crippen LogP contribution >= 0.6 is 0 Å². The highest BCUT2D eigenvalue weighted by molar-refractivity contribution is 6.07. The number of anilines is 1. The molecular weight excluding hydrogens is 314 g/mol. The van der Waals surface area contributed by atoms with E-state index in [0.717, 1.165) is 75.1 Å². The molecule has 1 aromatic carbocycles. The maximum atomic E-state index is 12.8. The minimum atomic E-state index is 0.0170. The summed E-state index contributed by atoms with van der Waals surface area (Å²) < 4.78 is 0. The fourth-order valence-corrected chi connectivity index (χ4v) is 3.81. The number of fused-ring (bicyclic) bond motifs is 1. The first-order valence-corrected chi connectivity index (χ1v) is 9.22. The summed E-state index contributed by atoms with van der Waals surface area (Å²) in [5.74, 6) is 0.923. The zero-order valence-electron chi connectivity index (χ0n) is 14.8. The summed E-state index contributed by atoms with van der Waals surface area (Å²) in [6, 6.07) is 8.06. The maximum Gasteiger partial charge on any atom is 0.275 e. The Morgan fingerprint density at radius 1 is 0.880 bits per heavy atom. The van der Waals surface area contributed by atoms with Crippen molar-refractivity contribution in [3.05, 3.63) is 30.0 Å². The summed E-state index contributed by atoms with van der Waals surface area (Å²) in [7, 11) is 2.16. The number of aromatic nitrogens is 2. The Hall–Kier alpha value is -2.21. The van der Waals surface area contributed by atoms with Crippen molar-refractivity contribution in [3.8, 4) is 0 Å². The highest BCUT2D eigenvalue weighted by atomic mass is 16.2. The van der Waals surface area contributed by atoms with Gasteiger partial charge in [-0.3, -0.25) is 4.79 Å². The van der Waals surface area contributed by atoms with Crippen LogP contribution in [0, 0.1) is 0 Å². The highest BCUT2D eigenvalue weighted by Gasteiger charge is 2.25. The van der Waals surface area contributed by atoms with Crippen molar-refractivity contribution in [2.24, 2.45) is 0 Å². The van der Waals surface area contributed by atoms with Crippen LogP contribution in [0.25, 0.3) is 10.8 Å². The van der Waals surface area contributed by atoms with Crippen LogP contribution in [0.5, 0.6) is 0 Å². The van der Waals surface area contributed by atoms with Crippen molar-refractivity contribution in [1.29, 1.82) is 0 Å². The van der Waals surface area contributed by atoms with Crippen LogP contribution in [0.4, 0.5) is 5.82 Å². The van der Waals surface area contributed by atoms with Crippen LogP contribution in [-0.2, 0) is 0 Å². The molecule has 2 aliphatic rings. The zero-order chi connectivity index (χ0) is 17.2. The molecule has 0 aliphatic carbocycles. The van der Waals surface area contributed by atoms with E-state index in [9.17, 15) is 4.79 Å². The molecule has 6 nitrogen and oxygen atoms in total. The fourth-order valence-electron chi connectivity index (χ4n) is 3.81. The van der Waals surface area contributed by atoms with Crippen LogP contribution in [-0.4, -0.2) is 72.2 Å². The van der Waals surface area contributed by atoms with E-state index in [-0.39, 0.29) is 5.91 Å². The number of benzene rings is 1. The van der Waals surface area contributed by atoms with E-state index in [2.05, 4.69) is 33.1 Å². The molecular formula is C19H25N5O. The van der Waals surface area contributed by atoms with Crippen molar-refractivity contribution < 1.29 is 4.79 Å². The molecule has 0 N–H and O–H groups in total. The van der Waals surface area contributed by atoms with E-state index < -0.39 is 0 Å². The van der Waals surface area contributed by atoms with Gasteiger partial charge >= 0.3 is 0 Å². The summed E-state index contributed by atoms with van der Waals surface area (Å²) in [4.78, 5) is 19.4. The molecule has 1 amide bonds. The van der Waals surface area contributed by atoms with Crippen LogP contribution in [0.1, 0.15) is 29.8 Å². The van der Waals surface area contributed by atoms with Crippen molar-refractivity contribution in [1.82, 2.24) is 20.0 Å². The Morgan fingerprint density at radius 2 is 1.64 bits per heavy atom. The third kappa shape index (κ3) is 3.18. The first kappa shape index (κ1) is 16.3. The molecule has 3 heterocycles. The average Bonchev–Trinajstić information content (AvgIpc) is 3.10. The number of hydrogen-bond acceptors (Lipinski definition) is 5. The molecule has 0 unspecified atom stereocenters. The molecule has 132 valence electrons. The quantitative estimate of drug-likeness (QED) is 0.838. The summed E-state index contributed by atoms with van der Waals surface area (Å²) in [6.45, 7) is 5.69. The summed E-state index contributed by atoms with van der Waals surface area (Å²) in [5.41, 5.74) is 0.494. The molecule has 2 saturated heterocycles. The van der Waals surface area contributed by atoms with Gasteiger partial charge in [-0.1, -0.05) is 24.3 Å². The van der Waals surface area contributed by atoms with E-state index in [1.165, 1.54) is 0 Å². The highest BCUT2D eigenvalue weighted by Crippen LogP contribution is 2.27. The second-order valence-corrected chi connectivity index (χ2v) is 7.06. The molecule has 1 aromatic heterocycles. The van der Waals surface area contributed by atoms with Crippen molar-refractivity contribution in [3.63, 3.8) is 0 Å². The predicted molar refractivity (Wildman–Crippen MR) is 99.0 cm³/mol. The first-order chi connectivity index (χ1) is 12.2. The topological polar surface area (TPSA) is 52.6 Å². The molecule has 0 saturated carbocycles. The Bertz CT molecular complexity index is 771. The molecule has 4 rings (SSSR count). The normalized spacial score (nSPS) is 19.4. The molecule has 0 spiro atoms. The van der Waals surface area contributed by atoms with Crippen LogP contribution in [0.3, 0.4) is 0 Å². The van der Waals surface area contributed by atoms with Crippen molar-refractivity contribution in [2.45, 2.75) is 19.3 Å². The lowest BCUT2D eigenvalue weighted by Gasteiger charge is -2.23. The predicted octanol–water partition coefficient (Wildman–Crippen LogP) is 2.01. The number of likely N-dealkylation sites (tertiary alicyclic amines) is 1. The Morgan fingerprint density at radius 3 is 2.44 bits per heavy atom. The van der Waals surface area contributed by atoms with E-state index in [1.807, 2.05) is 23.1 Å². The summed E-state index contributed by atoms with van der Waals surface area (Å²) >= 11 is 0. The second kappa shape index (κ2) is 6.96. The molecule has 0 radical (unpaired) electrons. The minimum Gasteiger partial charge on any atom is -0.353 e. The Balaban J connectivity index is 1.72. The molecule has 2 aliphatic heterocycles. The number of likely N-dealkylation sites (N-methyl/N-ethyl adjacent to an activating group) is 1. The van der Waals surface area contributed by atoms with E-state index >= 15 is 0 Å².